The number of hydrogen-bond donors (Lipinski definition) is 0. The summed E-state index contributed by atoms with van der Waals surface area (Å²) in [5.41, 5.74) is 1.98. The van der Waals surface area contributed by atoms with E-state index < -0.39 is 0 Å². The maximum absolute atomic E-state index is 11.5. The van der Waals surface area contributed by atoms with Crippen molar-refractivity contribution < 1.29 is 4.79 Å². The van der Waals surface area contributed by atoms with Gasteiger partial charge in [0.25, 0.3) is 0 Å². The first-order valence-corrected chi connectivity index (χ1v) is 6.28. The van der Waals surface area contributed by atoms with Crippen LogP contribution < -0.4 is 0 Å². The molecule has 1 aromatic carbocycles. The molecule has 0 heterocycles. The monoisotopic (exact) mass is 318 g/mol. The topological polar surface area (TPSA) is 17.1 Å². The minimum absolute atomic E-state index is 0.0558. The van der Waals surface area contributed by atoms with Crippen molar-refractivity contribution in [2.24, 2.45) is 0 Å². The van der Waals surface area contributed by atoms with Gasteiger partial charge in [0.05, 0.1) is 0 Å². The number of Topliss-reactive ketones (excluding diaryl/α,β-unsaturated/α-hetero) is 1. The molecule has 0 N–H and O–H groups in total. The number of carbonyl (C=O) groups excluding carboxylic acids is 1. The Morgan fingerprint density at radius 1 is 1.14 bits per heavy atom. The van der Waals surface area contributed by atoms with E-state index in [9.17, 15) is 4.79 Å². The smallest absolute Gasteiger partial charge is 0.187 e. The number of halogens is 2. The molecule has 0 aliphatic rings. The lowest BCUT2D eigenvalue weighted by atomic mass is 10.0. The Morgan fingerprint density at radius 2 is 1.64 bits per heavy atom. The fourth-order valence-corrected chi connectivity index (χ4v) is 1.69. The van der Waals surface area contributed by atoms with Crippen LogP contribution in [0.3, 0.4) is 0 Å². The zero-order chi connectivity index (χ0) is 10.7. The van der Waals surface area contributed by atoms with Gasteiger partial charge in [0.1, 0.15) is 3.74 Å². The van der Waals surface area contributed by atoms with Crippen LogP contribution >= 0.6 is 31.9 Å². The lowest BCUT2D eigenvalue weighted by Crippen LogP contribution is -2.06. The Balaban J connectivity index is 2.89. The fraction of sp³-hybridized carbons (Fsp3) is 0.364. The molecule has 1 aromatic rings. The van der Waals surface area contributed by atoms with Gasteiger partial charge in [0.15, 0.2) is 5.78 Å². The third-order valence-electron chi connectivity index (χ3n) is 2.06. The molecule has 0 saturated heterocycles. The first kappa shape index (κ1) is 11.9. The van der Waals surface area contributed by atoms with Crippen molar-refractivity contribution in [3.63, 3.8) is 0 Å². The van der Waals surface area contributed by atoms with Crippen LogP contribution in [0, 0.1) is 0 Å². The Morgan fingerprint density at radius 3 is 2.00 bits per heavy atom. The summed E-state index contributed by atoms with van der Waals surface area (Å²) in [6, 6.07) is 7.74. The van der Waals surface area contributed by atoms with Crippen LogP contribution in [0.4, 0.5) is 0 Å². The van der Waals surface area contributed by atoms with E-state index in [4.69, 9.17) is 0 Å². The molecule has 1 rings (SSSR count). The lowest BCUT2D eigenvalue weighted by molar-refractivity contribution is 0.101. The second kappa shape index (κ2) is 5.08. The van der Waals surface area contributed by atoms with Crippen LogP contribution in [0.25, 0.3) is 0 Å². The molecule has 0 fully saturated rings. The Hall–Kier alpha value is -0.150. The third kappa shape index (κ3) is 2.92. The number of hydrogen-bond acceptors (Lipinski definition) is 1. The van der Waals surface area contributed by atoms with Gasteiger partial charge in [0, 0.05) is 5.56 Å². The molecule has 1 nitrogen and oxygen atoms in total. The number of ketones is 1. The Labute approximate surface area is 101 Å². The third-order valence-corrected chi connectivity index (χ3v) is 2.89. The van der Waals surface area contributed by atoms with Crippen molar-refractivity contribution in [2.75, 3.05) is 0 Å². The zero-order valence-electron chi connectivity index (χ0n) is 8.13. The van der Waals surface area contributed by atoms with E-state index in [1.807, 2.05) is 24.3 Å². The summed E-state index contributed by atoms with van der Waals surface area (Å²) in [4.78, 5) is 11.5. The molecule has 0 atom stereocenters. The van der Waals surface area contributed by atoms with Gasteiger partial charge < -0.3 is 0 Å². The molecule has 0 aliphatic carbocycles. The minimum atomic E-state index is -0.292. The quantitative estimate of drug-likeness (QED) is 0.605. The average molecular weight is 320 g/mol. The molecule has 3 heteroatoms. The van der Waals surface area contributed by atoms with E-state index >= 15 is 0 Å². The van der Waals surface area contributed by atoms with Gasteiger partial charge in [-0.25, -0.2) is 0 Å². The van der Waals surface area contributed by atoms with E-state index in [1.165, 1.54) is 5.56 Å². The van der Waals surface area contributed by atoms with E-state index in [1.54, 1.807) is 0 Å². The zero-order valence-corrected chi connectivity index (χ0v) is 11.3. The number of rotatable bonds is 3. The molecule has 0 bridgehead atoms. The van der Waals surface area contributed by atoms with Crippen LogP contribution in [-0.4, -0.2) is 9.52 Å². The highest BCUT2D eigenvalue weighted by Gasteiger charge is 2.12. The van der Waals surface area contributed by atoms with Crippen LogP contribution in [0.15, 0.2) is 24.3 Å². The van der Waals surface area contributed by atoms with Crippen LogP contribution in [-0.2, 0) is 0 Å². The maximum Gasteiger partial charge on any atom is 0.187 e. The normalized spacial score (nSPS) is 11.0. The molecule has 0 aromatic heterocycles. The van der Waals surface area contributed by atoms with E-state index in [0.717, 1.165) is 5.56 Å². The standard InChI is InChI=1S/C11H12Br2O/c1-7(2)8-3-5-9(6-4-8)10(14)11(12)13/h3-7,11H,1-2H3. The largest absolute Gasteiger partial charge is 0.292 e. The summed E-state index contributed by atoms with van der Waals surface area (Å²) in [5, 5.41) is 0. The van der Waals surface area contributed by atoms with Crippen molar-refractivity contribution in [2.45, 2.75) is 23.5 Å². The first-order valence-electron chi connectivity index (χ1n) is 4.44. The molecular formula is C11H12Br2O. The minimum Gasteiger partial charge on any atom is -0.292 e. The highest BCUT2D eigenvalue weighted by molar-refractivity contribution is 9.25. The van der Waals surface area contributed by atoms with Crippen LogP contribution in [0.5, 0.6) is 0 Å². The fourth-order valence-electron chi connectivity index (χ4n) is 1.16. The van der Waals surface area contributed by atoms with Crippen molar-refractivity contribution in [1.82, 2.24) is 0 Å². The SMILES string of the molecule is CC(C)c1ccc(C(=O)C(Br)Br)cc1. The van der Waals surface area contributed by atoms with Crippen molar-refractivity contribution in [3.05, 3.63) is 35.4 Å². The summed E-state index contributed by atoms with van der Waals surface area (Å²) in [6.45, 7) is 4.27. The molecule has 76 valence electrons. The Kier molecular flexibility index (Phi) is 4.32. The predicted molar refractivity (Wildman–Crippen MR) is 66.5 cm³/mol. The van der Waals surface area contributed by atoms with Gasteiger partial charge in [0.2, 0.25) is 0 Å². The second-order valence-corrected chi connectivity index (χ2v) is 6.50. The lowest BCUT2D eigenvalue weighted by Gasteiger charge is -2.06. The molecule has 0 saturated carbocycles. The summed E-state index contributed by atoms with van der Waals surface area (Å²) < 4.78 is -0.292. The summed E-state index contributed by atoms with van der Waals surface area (Å²) >= 11 is 6.38. The maximum atomic E-state index is 11.5. The highest BCUT2D eigenvalue weighted by atomic mass is 79.9. The van der Waals surface area contributed by atoms with Gasteiger partial charge >= 0.3 is 0 Å². The molecule has 0 radical (unpaired) electrons. The van der Waals surface area contributed by atoms with Gasteiger partial charge in [-0.3, -0.25) is 4.79 Å². The van der Waals surface area contributed by atoms with Gasteiger partial charge in [-0.2, -0.15) is 0 Å². The van der Waals surface area contributed by atoms with Crippen LogP contribution in [0.1, 0.15) is 35.7 Å². The highest BCUT2D eigenvalue weighted by Crippen LogP contribution is 2.19. The molecule has 0 spiro atoms. The molecule has 14 heavy (non-hydrogen) atoms. The number of alkyl halides is 2. The molecular weight excluding hydrogens is 308 g/mol. The molecule has 0 unspecified atom stereocenters. The van der Waals surface area contributed by atoms with Gasteiger partial charge in [-0.15, -0.1) is 0 Å². The number of benzene rings is 1. The first-order chi connectivity index (χ1) is 6.52. The van der Waals surface area contributed by atoms with E-state index in [-0.39, 0.29) is 9.52 Å². The van der Waals surface area contributed by atoms with Crippen molar-refractivity contribution in [3.8, 4) is 0 Å². The van der Waals surface area contributed by atoms with Gasteiger partial charge in [-0.05, 0) is 11.5 Å². The van der Waals surface area contributed by atoms with Crippen molar-refractivity contribution >= 4 is 37.6 Å². The summed E-state index contributed by atoms with van der Waals surface area (Å²) in [7, 11) is 0. The second-order valence-electron chi connectivity index (χ2n) is 3.44. The van der Waals surface area contributed by atoms with Gasteiger partial charge in [-0.1, -0.05) is 70.0 Å². The van der Waals surface area contributed by atoms with E-state index in [2.05, 4.69) is 45.7 Å². The van der Waals surface area contributed by atoms with Crippen molar-refractivity contribution in [1.29, 1.82) is 0 Å². The summed E-state index contributed by atoms with van der Waals surface area (Å²) in [5.74, 6) is 0.559. The predicted octanol–water partition coefficient (Wildman–Crippen LogP) is 4.11. The van der Waals surface area contributed by atoms with Crippen LogP contribution in [0.2, 0.25) is 0 Å². The average Bonchev–Trinajstić information content (AvgIpc) is 2.16. The summed E-state index contributed by atoms with van der Waals surface area (Å²) in [6.07, 6.45) is 0. The van der Waals surface area contributed by atoms with E-state index in [0.29, 0.717) is 5.92 Å². The molecule has 0 amide bonds. The Bertz CT molecular complexity index is 315. The molecule has 0 aliphatic heterocycles. The number of carbonyl (C=O) groups is 1.